The summed E-state index contributed by atoms with van der Waals surface area (Å²) in [5.74, 6) is 1.97. The summed E-state index contributed by atoms with van der Waals surface area (Å²) in [6.45, 7) is 4.59. The molecule has 45 heavy (non-hydrogen) atoms. The summed E-state index contributed by atoms with van der Waals surface area (Å²) in [4.78, 5) is 23.8. The largest absolute Gasteiger partial charge is 0.265 e. The minimum atomic E-state index is -0.135. The van der Waals surface area contributed by atoms with Crippen molar-refractivity contribution in [2.24, 2.45) is 0 Å². The molecule has 0 unspecified atom stereocenters. The van der Waals surface area contributed by atoms with E-state index >= 15 is 0 Å². The number of hydrogen-bond donors (Lipinski definition) is 0. The van der Waals surface area contributed by atoms with E-state index in [2.05, 4.69) is 67.4 Å². The first-order chi connectivity index (χ1) is 22.0. The van der Waals surface area contributed by atoms with Crippen LogP contribution in [0.2, 0.25) is 0 Å². The summed E-state index contributed by atoms with van der Waals surface area (Å²) in [6.07, 6.45) is 5.54. The smallest absolute Gasteiger partial charge is 0.164 e. The van der Waals surface area contributed by atoms with Crippen molar-refractivity contribution >= 4 is 0 Å². The van der Waals surface area contributed by atoms with Crippen LogP contribution >= 0.6 is 0 Å². The maximum atomic E-state index is 4.98. The van der Waals surface area contributed by atoms with Crippen molar-refractivity contribution in [3.8, 4) is 67.7 Å². The van der Waals surface area contributed by atoms with Gasteiger partial charge in [-0.05, 0) is 58.1 Å². The summed E-state index contributed by atoms with van der Waals surface area (Å²) in [6, 6.07) is 41.7. The van der Waals surface area contributed by atoms with Gasteiger partial charge in [0.25, 0.3) is 0 Å². The van der Waals surface area contributed by atoms with Gasteiger partial charge < -0.3 is 0 Å². The molecule has 3 heterocycles. The number of pyridine rings is 2. The van der Waals surface area contributed by atoms with Crippen LogP contribution in [0.5, 0.6) is 0 Å². The standard InChI is InChI=1S/C40H29N5/c1-40(2)34-16-13-29(36-18-15-31(25-42-36)26-19-21-41-22-20-26)23-32(34)33-24-30(14-17-35(33)40)39-44-37(27-9-5-3-6-10-27)43-38(45-39)28-11-7-4-8-12-28/h3-25H,1-2H3. The van der Waals surface area contributed by atoms with Gasteiger partial charge in [0.15, 0.2) is 17.5 Å². The van der Waals surface area contributed by atoms with Gasteiger partial charge in [-0.3, -0.25) is 9.97 Å². The number of nitrogens with zero attached hydrogens (tertiary/aromatic N) is 5. The fourth-order valence-corrected chi connectivity index (χ4v) is 6.29. The number of hydrogen-bond acceptors (Lipinski definition) is 5. The Bertz CT molecular complexity index is 2100. The van der Waals surface area contributed by atoms with Crippen molar-refractivity contribution in [1.29, 1.82) is 0 Å². The third-order valence-electron chi connectivity index (χ3n) is 8.71. The van der Waals surface area contributed by atoms with Crippen LogP contribution in [0.4, 0.5) is 0 Å². The Labute approximate surface area is 262 Å². The quantitative estimate of drug-likeness (QED) is 0.203. The lowest BCUT2D eigenvalue weighted by Gasteiger charge is -2.21. The van der Waals surface area contributed by atoms with Crippen molar-refractivity contribution in [2.75, 3.05) is 0 Å². The Hall–Kier alpha value is -5.81. The Balaban J connectivity index is 1.23. The first-order valence-corrected chi connectivity index (χ1v) is 15.1. The lowest BCUT2D eigenvalue weighted by Crippen LogP contribution is -2.14. The van der Waals surface area contributed by atoms with Gasteiger partial charge in [0, 0.05) is 51.8 Å². The molecule has 0 saturated carbocycles. The molecule has 0 spiro atoms. The normalized spacial score (nSPS) is 12.8. The molecule has 8 rings (SSSR count). The highest BCUT2D eigenvalue weighted by molar-refractivity contribution is 5.86. The maximum Gasteiger partial charge on any atom is 0.164 e. The van der Waals surface area contributed by atoms with Gasteiger partial charge in [0.2, 0.25) is 0 Å². The molecule has 7 aromatic rings. The zero-order valence-electron chi connectivity index (χ0n) is 25.0. The van der Waals surface area contributed by atoms with Crippen LogP contribution < -0.4 is 0 Å². The van der Waals surface area contributed by atoms with Gasteiger partial charge in [0.05, 0.1) is 5.69 Å². The number of rotatable bonds is 5. The molecule has 5 nitrogen and oxygen atoms in total. The summed E-state index contributed by atoms with van der Waals surface area (Å²) >= 11 is 0. The summed E-state index contributed by atoms with van der Waals surface area (Å²) < 4.78 is 0. The van der Waals surface area contributed by atoms with E-state index in [9.17, 15) is 0 Å². The van der Waals surface area contributed by atoms with Crippen LogP contribution in [0.1, 0.15) is 25.0 Å². The third kappa shape index (κ3) is 4.79. The molecular weight excluding hydrogens is 550 g/mol. The second kappa shape index (κ2) is 10.7. The first kappa shape index (κ1) is 26.8. The van der Waals surface area contributed by atoms with Gasteiger partial charge >= 0.3 is 0 Å². The molecule has 0 saturated heterocycles. The van der Waals surface area contributed by atoms with Gasteiger partial charge in [-0.25, -0.2) is 15.0 Å². The average Bonchev–Trinajstić information content (AvgIpc) is 3.34. The topological polar surface area (TPSA) is 64.5 Å². The lowest BCUT2D eigenvalue weighted by molar-refractivity contribution is 0.660. The number of aromatic nitrogens is 5. The van der Waals surface area contributed by atoms with Gasteiger partial charge in [-0.15, -0.1) is 0 Å². The summed E-state index contributed by atoms with van der Waals surface area (Å²) in [7, 11) is 0. The van der Waals surface area contributed by atoms with Crippen LogP contribution in [0.25, 0.3) is 67.7 Å². The average molecular weight is 580 g/mol. The van der Waals surface area contributed by atoms with Crippen molar-refractivity contribution in [2.45, 2.75) is 19.3 Å². The number of fused-ring (bicyclic) bond motifs is 3. The Morgan fingerprint density at radius 3 is 1.51 bits per heavy atom. The highest BCUT2D eigenvalue weighted by Crippen LogP contribution is 2.50. The van der Waals surface area contributed by atoms with E-state index in [1.165, 1.54) is 22.3 Å². The lowest BCUT2D eigenvalue weighted by atomic mass is 9.82. The van der Waals surface area contributed by atoms with Gasteiger partial charge in [-0.1, -0.05) is 105 Å². The second-order valence-electron chi connectivity index (χ2n) is 11.9. The molecule has 214 valence electrons. The van der Waals surface area contributed by atoms with E-state index in [-0.39, 0.29) is 5.41 Å². The Morgan fingerprint density at radius 2 is 0.956 bits per heavy atom. The molecule has 3 aromatic heterocycles. The Morgan fingerprint density at radius 1 is 0.444 bits per heavy atom. The minimum Gasteiger partial charge on any atom is -0.265 e. The molecule has 0 fully saturated rings. The fraction of sp³-hybridized carbons (Fsp3) is 0.0750. The van der Waals surface area contributed by atoms with E-state index in [0.717, 1.165) is 39.1 Å². The Kier molecular flexibility index (Phi) is 6.38. The molecule has 0 bridgehead atoms. The SMILES string of the molecule is CC1(C)c2ccc(-c3ccc(-c4ccncc4)cn3)cc2-c2cc(-c3nc(-c4ccccc4)nc(-c4ccccc4)n3)ccc21. The van der Waals surface area contributed by atoms with Crippen LogP contribution in [0.15, 0.2) is 140 Å². The molecule has 0 amide bonds. The third-order valence-corrected chi connectivity index (χ3v) is 8.71. The first-order valence-electron chi connectivity index (χ1n) is 15.1. The van der Waals surface area contributed by atoms with Crippen molar-refractivity contribution in [3.05, 3.63) is 151 Å². The van der Waals surface area contributed by atoms with E-state index in [1.807, 2.05) is 79.0 Å². The van der Waals surface area contributed by atoms with E-state index < -0.39 is 0 Å². The number of benzene rings is 4. The van der Waals surface area contributed by atoms with Crippen molar-refractivity contribution in [3.63, 3.8) is 0 Å². The fourth-order valence-electron chi connectivity index (χ4n) is 6.29. The predicted octanol–water partition coefficient (Wildman–Crippen LogP) is 9.30. The molecule has 5 heteroatoms. The molecule has 0 radical (unpaired) electrons. The summed E-state index contributed by atoms with van der Waals surface area (Å²) in [5.41, 5.74) is 11.9. The molecular formula is C40H29N5. The van der Waals surface area contributed by atoms with Crippen molar-refractivity contribution in [1.82, 2.24) is 24.9 Å². The van der Waals surface area contributed by atoms with Crippen LogP contribution in [-0.2, 0) is 5.41 Å². The zero-order valence-corrected chi connectivity index (χ0v) is 25.0. The molecule has 4 aromatic carbocycles. The van der Waals surface area contributed by atoms with Crippen molar-refractivity contribution < 1.29 is 0 Å². The van der Waals surface area contributed by atoms with Gasteiger partial charge in [-0.2, -0.15) is 0 Å². The van der Waals surface area contributed by atoms with E-state index in [1.54, 1.807) is 12.4 Å². The van der Waals surface area contributed by atoms with E-state index in [4.69, 9.17) is 19.9 Å². The van der Waals surface area contributed by atoms with E-state index in [0.29, 0.717) is 17.5 Å². The predicted molar refractivity (Wildman–Crippen MR) is 180 cm³/mol. The minimum absolute atomic E-state index is 0.135. The highest BCUT2D eigenvalue weighted by Gasteiger charge is 2.36. The monoisotopic (exact) mass is 579 g/mol. The maximum absolute atomic E-state index is 4.98. The summed E-state index contributed by atoms with van der Waals surface area (Å²) in [5, 5.41) is 0. The van der Waals surface area contributed by atoms with Crippen LogP contribution in [0.3, 0.4) is 0 Å². The molecule has 0 N–H and O–H groups in total. The molecule has 0 aliphatic heterocycles. The highest BCUT2D eigenvalue weighted by atomic mass is 15.0. The molecule has 1 aliphatic rings. The zero-order chi connectivity index (χ0) is 30.4. The van der Waals surface area contributed by atoms with Crippen LogP contribution in [0, 0.1) is 0 Å². The molecule has 0 atom stereocenters. The second-order valence-corrected chi connectivity index (χ2v) is 11.9. The van der Waals surface area contributed by atoms with Gasteiger partial charge in [0.1, 0.15) is 0 Å². The van der Waals surface area contributed by atoms with Crippen LogP contribution in [-0.4, -0.2) is 24.9 Å². The molecule has 1 aliphatic carbocycles.